The van der Waals surface area contributed by atoms with Gasteiger partial charge in [-0.3, -0.25) is 4.79 Å². The summed E-state index contributed by atoms with van der Waals surface area (Å²) in [5, 5.41) is 11.5. The Balaban J connectivity index is 1.72. The summed E-state index contributed by atoms with van der Waals surface area (Å²) in [6.07, 6.45) is 2.15. The van der Waals surface area contributed by atoms with E-state index < -0.39 is 5.97 Å². The van der Waals surface area contributed by atoms with Crippen LogP contribution in [0, 0.1) is 5.92 Å². The lowest BCUT2D eigenvalue weighted by Crippen LogP contribution is -2.39. The van der Waals surface area contributed by atoms with Crippen LogP contribution in [0.3, 0.4) is 0 Å². The first kappa shape index (κ1) is 19.1. The molecule has 1 fully saturated rings. The number of nitrogens with zero attached hydrogens (tertiary/aromatic N) is 3. The second kappa shape index (κ2) is 8.35. The summed E-state index contributed by atoms with van der Waals surface area (Å²) < 4.78 is 4.71. The Labute approximate surface area is 162 Å². The summed E-state index contributed by atoms with van der Waals surface area (Å²) in [6.45, 7) is 3.64. The molecule has 1 amide bonds. The predicted molar refractivity (Wildman–Crippen MR) is 102 cm³/mol. The third-order valence-electron chi connectivity index (χ3n) is 4.48. The molecular weight excluding hydrogens is 368 g/mol. The highest BCUT2D eigenvalue weighted by atomic mass is 35.5. The lowest BCUT2D eigenvalue weighted by Gasteiger charge is -2.30. The molecule has 1 aliphatic rings. The zero-order chi connectivity index (χ0) is 19.4. The molecule has 7 nitrogen and oxygen atoms in total. The molecule has 27 heavy (non-hydrogen) atoms. The molecule has 1 aromatic heterocycles. The molecule has 2 heterocycles. The van der Waals surface area contributed by atoms with E-state index in [0.29, 0.717) is 33.7 Å². The van der Waals surface area contributed by atoms with Crippen LogP contribution in [0.2, 0.25) is 5.02 Å². The third-order valence-corrected chi connectivity index (χ3v) is 4.81. The minimum atomic E-state index is -0.461. The first-order valence-electron chi connectivity index (χ1n) is 8.76. The standard InChI is InChI=1S/C19H21ClN4O3/c1-12-4-3-9-24(11-12)18(25)15-7-8-17(23-22-15)21-16-10-13(19(26)27-2)5-6-14(16)20/h5-8,10,12H,3-4,9,11H2,1-2H3,(H,21,23). The number of halogens is 1. The second-order valence-electron chi connectivity index (χ2n) is 6.61. The van der Waals surface area contributed by atoms with Gasteiger partial charge in [-0.25, -0.2) is 4.79 Å². The Hall–Kier alpha value is -2.67. The van der Waals surface area contributed by atoms with Crippen molar-refractivity contribution in [1.82, 2.24) is 15.1 Å². The van der Waals surface area contributed by atoms with Gasteiger partial charge in [-0.15, -0.1) is 10.2 Å². The molecule has 1 aliphatic heterocycles. The minimum Gasteiger partial charge on any atom is -0.465 e. The number of piperidine rings is 1. The van der Waals surface area contributed by atoms with Crippen molar-refractivity contribution in [2.75, 3.05) is 25.5 Å². The van der Waals surface area contributed by atoms with Gasteiger partial charge in [0.2, 0.25) is 0 Å². The Kier molecular flexibility index (Phi) is 5.91. The third kappa shape index (κ3) is 4.54. The number of rotatable bonds is 4. The average Bonchev–Trinajstić information content (AvgIpc) is 2.69. The monoisotopic (exact) mass is 388 g/mol. The molecule has 1 N–H and O–H groups in total. The molecule has 0 bridgehead atoms. The number of nitrogens with one attached hydrogen (secondary N) is 1. The van der Waals surface area contributed by atoms with Crippen molar-refractivity contribution in [2.24, 2.45) is 5.92 Å². The number of ether oxygens (including phenoxy) is 1. The molecule has 1 unspecified atom stereocenters. The maximum absolute atomic E-state index is 12.6. The average molecular weight is 389 g/mol. The highest BCUT2D eigenvalue weighted by molar-refractivity contribution is 6.33. The Morgan fingerprint density at radius 2 is 2.07 bits per heavy atom. The van der Waals surface area contributed by atoms with Gasteiger partial charge in [0.1, 0.15) is 0 Å². The van der Waals surface area contributed by atoms with Gasteiger partial charge in [-0.05, 0) is 49.1 Å². The van der Waals surface area contributed by atoms with Crippen LogP contribution in [-0.2, 0) is 4.74 Å². The molecule has 142 valence electrons. The lowest BCUT2D eigenvalue weighted by atomic mass is 10.00. The zero-order valence-electron chi connectivity index (χ0n) is 15.2. The SMILES string of the molecule is COC(=O)c1ccc(Cl)c(Nc2ccc(C(=O)N3CCCC(C)C3)nn2)c1. The number of hydrogen-bond donors (Lipinski definition) is 1. The van der Waals surface area contributed by atoms with Gasteiger partial charge in [0.15, 0.2) is 11.5 Å². The predicted octanol–water partition coefficient (Wildman–Crippen LogP) is 3.53. The van der Waals surface area contributed by atoms with E-state index in [1.165, 1.54) is 7.11 Å². The maximum atomic E-state index is 12.6. The number of carbonyl (C=O) groups is 2. The fourth-order valence-electron chi connectivity index (χ4n) is 3.05. The van der Waals surface area contributed by atoms with Crippen molar-refractivity contribution in [1.29, 1.82) is 0 Å². The summed E-state index contributed by atoms with van der Waals surface area (Å²) in [6, 6.07) is 8.04. The van der Waals surface area contributed by atoms with Gasteiger partial charge >= 0.3 is 5.97 Å². The number of esters is 1. The van der Waals surface area contributed by atoms with E-state index in [0.717, 1.165) is 25.9 Å². The van der Waals surface area contributed by atoms with Crippen LogP contribution in [0.4, 0.5) is 11.5 Å². The van der Waals surface area contributed by atoms with Crippen LogP contribution in [0.25, 0.3) is 0 Å². The molecule has 1 saturated heterocycles. The topological polar surface area (TPSA) is 84.4 Å². The van der Waals surface area contributed by atoms with E-state index in [1.807, 2.05) is 4.90 Å². The summed E-state index contributed by atoms with van der Waals surface area (Å²) in [7, 11) is 1.31. The molecule has 3 rings (SSSR count). The minimum absolute atomic E-state index is 0.105. The number of methoxy groups -OCH3 is 1. The van der Waals surface area contributed by atoms with E-state index in [2.05, 4.69) is 22.4 Å². The highest BCUT2D eigenvalue weighted by Gasteiger charge is 2.23. The van der Waals surface area contributed by atoms with Gasteiger partial charge in [0.25, 0.3) is 5.91 Å². The van der Waals surface area contributed by atoms with Crippen LogP contribution < -0.4 is 5.32 Å². The lowest BCUT2D eigenvalue weighted by molar-refractivity contribution is 0.0600. The van der Waals surface area contributed by atoms with E-state index in [-0.39, 0.29) is 5.91 Å². The Bertz CT molecular complexity index is 841. The molecule has 2 aromatic rings. The second-order valence-corrected chi connectivity index (χ2v) is 7.02. The number of likely N-dealkylation sites (tertiary alicyclic amines) is 1. The first-order valence-corrected chi connectivity index (χ1v) is 9.13. The van der Waals surface area contributed by atoms with Gasteiger partial charge < -0.3 is 15.0 Å². The van der Waals surface area contributed by atoms with Gasteiger partial charge in [-0.1, -0.05) is 18.5 Å². The van der Waals surface area contributed by atoms with Crippen molar-refractivity contribution < 1.29 is 14.3 Å². The fourth-order valence-corrected chi connectivity index (χ4v) is 3.22. The van der Waals surface area contributed by atoms with E-state index >= 15 is 0 Å². The van der Waals surface area contributed by atoms with Crippen LogP contribution >= 0.6 is 11.6 Å². The summed E-state index contributed by atoms with van der Waals surface area (Å²) in [4.78, 5) is 26.0. The molecule has 1 aromatic carbocycles. The van der Waals surface area contributed by atoms with Crippen LogP contribution in [0.1, 0.15) is 40.6 Å². The quantitative estimate of drug-likeness (QED) is 0.806. The van der Waals surface area contributed by atoms with Crippen molar-refractivity contribution >= 4 is 35.0 Å². The number of amides is 1. The van der Waals surface area contributed by atoms with Crippen molar-refractivity contribution in [2.45, 2.75) is 19.8 Å². The highest BCUT2D eigenvalue weighted by Crippen LogP contribution is 2.26. The molecule has 0 aliphatic carbocycles. The maximum Gasteiger partial charge on any atom is 0.337 e. The van der Waals surface area contributed by atoms with Gasteiger partial charge in [-0.2, -0.15) is 0 Å². The molecule has 0 spiro atoms. The van der Waals surface area contributed by atoms with Crippen LogP contribution in [0.15, 0.2) is 30.3 Å². The molecule has 0 radical (unpaired) electrons. The van der Waals surface area contributed by atoms with E-state index in [4.69, 9.17) is 16.3 Å². The molecule has 8 heteroatoms. The fraction of sp³-hybridized carbons (Fsp3) is 0.368. The summed E-state index contributed by atoms with van der Waals surface area (Å²) in [5.41, 5.74) is 1.17. The number of carbonyl (C=O) groups excluding carboxylic acids is 2. The largest absolute Gasteiger partial charge is 0.465 e. The van der Waals surface area contributed by atoms with E-state index in [1.54, 1.807) is 30.3 Å². The number of anilines is 2. The number of benzene rings is 1. The van der Waals surface area contributed by atoms with Gasteiger partial charge in [0, 0.05) is 13.1 Å². The first-order chi connectivity index (χ1) is 13.0. The molecule has 0 saturated carbocycles. The Morgan fingerprint density at radius 3 is 2.74 bits per heavy atom. The normalized spacial score (nSPS) is 16.7. The zero-order valence-corrected chi connectivity index (χ0v) is 16.0. The Morgan fingerprint density at radius 1 is 1.26 bits per heavy atom. The van der Waals surface area contributed by atoms with Crippen molar-refractivity contribution in [3.63, 3.8) is 0 Å². The number of aromatic nitrogens is 2. The van der Waals surface area contributed by atoms with Crippen molar-refractivity contribution in [3.8, 4) is 0 Å². The van der Waals surface area contributed by atoms with Crippen LogP contribution in [-0.4, -0.2) is 47.2 Å². The molecule has 1 atom stereocenters. The van der Waals surface area contributed by atoms with E-state index in [9.17, 15) is 9.59 Å². The van der Waals surface area contributed by atoms with Gasteiger partial charge in [0.05, 0.1) is 23.4 Å². The summed E-state index contributed by atoms with van der Waals surface area (Å²) >= 11 is 6.17. The molecular formula is C19H21ClN4O3. The number of hydrogen-bond acceptors (Lipinski definition) is 6. The van der Waals surface area contributed by atoms with Crippen LogP contribution in [0.5, 0.6) is 0 Å². The van der Waals surface area contributed by atoms with Crippen molar-refractivity contribution in [3.05, 3.63) is 46.6 Å². The smallest absolute Gasteiger partial charge is 0.337 e. The summed E-state index contributed by atoms with van der Waals surface area (Å²) in [5.74, 6) is 0.354.